The lowest BCUT2D eigenvalue weighted by molar-refractivity contribution is -0.129. The summed E-state index contributed by atoms with van der Waals surface area (Å²) in [6.45, 7) is 4.85. The van der Waals surface area contributed by atoms with E-state index in [1.807, 2.05) is 0 Å². The molecule has 4 atom stereocenters. The number of amides is 2. The van der Waals surface area contributed by atoms with Crippen LogP contribution in [-0.2, 0) is 9.59 Å². The predicted molar refractivity (Wildman–Crippen MR) is 138 cm³/mol. The molecular formula is C26H27F3N6O5. The molecule has 2 aromatic heterocycles. The smallest absolute Gasteiger partial charge is 0.341 e. The van der Waals surface area contributed by atoms with Gasteiger partial charge in [-0.05, 0) is 45.4 Å². The Bertz CT molecular complexity index is 1580. The average Bonchev–Trinajstić information content (AvgIpc) is 3.23. The lowest BCUT2D eigenvalue weighted by atomic mass is 10.0. The third-order valence-corrected chi connectivity index (χ3v) is 6.69. The molecule has 3 aromatic rings. The Hall–Kier alpha value is -4.46. The van der Waals surface area contributed by atoms with Gasteiger partial charge in [-0.2, -0.15) is 0 Å². The molecule has 1 aromatic carbocycles. The molecule has 0 unspecified atom stereocenters. The van der Waals surface area contributed by atoms with Crippen LogP contribution in [0.3, 0.4) is 0 Å². The summed E-state index contributed by atoms with van der Waals surface area (Å²) in [5.74, 6) is -5.67. The zero-order valence-electron chi connectivity index (χ0n) is 21.7. The van der Waals surface area contributed by atoms with Crippen molar-refractivity contribution in [3.8, 4) is 11.1 Å². The normalized spacial score (nSPS) is 18.4. The number of benzene rings is 1. The summed E-state index contributed by atoms with van der Waals surface area (Å²) in [7, 11) is 0. The van der Waals surface area contributed by atoms with Crippen LogP contribution < -0.4 is 26.8 Å². The van der Waals surface area contributed by atoms with Crippen molar-refractivity contribution in [2.24, 2.45) is 5.73 Å². The van der Waals surface area contributed by atoms with Gasteiger partial charge in [0.05, 0.1) is 12.2 Å². The highest BCUT2D eigenvalue weighted by atomic mass is 19.1. The first kappa shape index (κ1) is 28.5. The van der Waals surface area contributed by atoms with Crippen LogP contribution in [0.5, 0.6) is 0 Å². The number of hydrogen-bond acceptors (Lipinski definition) is 7. The van der Waals surface area contributed by atoms with Crippen LogP contribution in [0.4, 0.5) is 19.0 Å². The molecule has 0 saturated carbocycles. The molecule has 0 aliphatic carbocycles. The first-order valence-corrected chi connectivity index (χ1v) is 12.4. The number of carbonyl (C=O) groups excluding carboxylic acids is 2. The third-order valence-electron chi connectivity index (χ3n) is 6.69. The number of anilines is 1. The van der Waals surface area contributed by atoms with Crippen molar-refractivity contribution in [3.05, 3.63) is 63.8 Å². The maximum absolute atomic E-state index is 15.4. The summed E-state index contributed by atoms with van der Waals surface area (Å²) in [5.41, 5.74) is 3.02. The van der Waals surface area contributed by atoms with E-state index >= 15 is 4.39 Å². The van der Waals surface area contributed by atoms with Crippen LogP contribution in [0.2, 0.25) is 0 Å². The van der Waals surface area contributed by atoms with Crippen LogP contribution in [0.1, 0.15) is 37.6 Å². The van der Waals surface area contributed by atoms with Gasteiger partial charge in [0, 0.05) is 35.8 Å². The molecule has 2 amide bonds. The third kappa shape index (κ3) is 5.47. The van der Waals surface area contributed by atoms with Gasteiger partial charge in [-0.15, -0.1) is 0 Å². The Morgan fingerprint density at radius 2 is 1.80 bits per heavy atom. The summed E-state index contributed by atoms with van der Waals surface area (Å²) in [6.07, 6.45) is 1.15. The van der Waals surface area contributed by atoms with Gasteiger partial charge in [0.1, 0.15) is 28.9 Å². The monoisotopic (exact) mass is 560 g/mol. The van der Waals surface area contributed by atoms with Crippen LogP contribution in [0.25, 0.3) is 16.8 Å². The second-order valence-corrected chi connectivity index (χ2v) is 9.77. The van der Waals surface area contributed by atoms with Gasteiger partial charge in [-0.25, -0.2) is 22.9 Å². The zero-order valence-corrected chi connectivity index (χ0v) is 21.7. The highest BCUT2D eigenvalue weighted by Crippen LogP contribution is 2.31. The Balaban J connectivity index is 1.72. The van der Waals surface area contributed by atoms with E-state index in [1.165, 1.54) is 13.8 Å². The van der Waals surface area contributed by atoms with Gasteiger partial charge in [-0.1, -0.05) is 0 Å². The van der Waals surface area contributed by atoms with Crippen molar-refractivity contribution in [3.63, 3.8) is 0 Å². The van der Waals surface area contributed by atoms with E-state index in [1.54, 1.807) is 11.8 Å². The number of halogens is 3. The number of carboxylic acids is 1. The van der Waals surface area contributed by atoms with Crippen molar-refractivity contribution >= 4 is 29.2 Å². The number of hydrogen-bond donors (Lipinski definition) is 4. The molecule has 5 N–H and O–H groups in total. The second-order valence-electron chi connectivity index (χ2n) is 9.77. The molecule has 3 heterocycles. The maximum Gasteiger partial charge on any atom is 0.341 e. The fraction of sp³-hybridized carbons (Fsp3) is 0.346. The summed E-state index contributed by atoms with van der Waals surface area (Å²) in [6, 6.07) is 1.05. The molecule has 11 nitrogen and oxygen atoms in total. The Morgan fingerprint density at radius 1 is 1.10 bits per heavy atom. The maximum atomic E-state index is 15.4. The molecule has 0 bridgehead atoms. The molecule has 0 radical (unpaired) electrons. The van der Waals surface area contributed by atoms with E-state index in [0.717, 1.165) is 24.4 Å². The van der Waals surface area contributed by atoms with Crippen LogP contribution >= 0.6 is 0 Å². The fourth-order valence-electron chi connectivity index (χ4n) is 4.61. The molecule has 0 spiro atoms. The van der Waals surface area contributed by atoms with Gasteiger partial charge >= 0.3 is 5.97 Å². The zero-order chi connectivity index (χ0) is 29.5. The summed E-state index contributed by atoms with van der Waals surface area (Å²) < 4.78 is 44.4. The minimum absolute atomic E-state index is 0.110. The average molecular weight is 561 g/mol. The van der Waals surface area contributed by atoms with Gasteiger partial charge in [0.15, 0.2) is 11.6 Å². The summed E-state index contributed by atoms with van der Waals surface area (Å²) >= 11 is 0. The van der Waals surface area contributed by atoms with Crippen molar-refractivity contribution in [2.45, 2.75) is 51.4 Å². The number of nitrogens with one attached hydrogen (secondary N) is 2. The Morgan fingerprint density at radius 3 is 2.42 bits per heavy atom. The van der Waals surface area contributed by atoms with E-state index in [2.05, 4.69) is 15.6 Å². The first-order valence-electron chi connectivity index (χ1n) is 12.4. The van der Waals surface area contributed by atoms with Crippen molar-refractivity contribution < 1.29 is 32.7 Å². The molecule has 212 valence electrons. The van der Waals surface area contributed by atoms with Gasteiger partial charge < -0.3 is 26.4 Å². The quantitative estimate of drug-likeness (QED) is 0.338. The molecule has 14 heteroatoms. The van der Waals surface area contributed by atoms with E-state index < -0.39 is 64.5 Å². The van der Waals surface area contributed by atoms with Crippen LogP contribution in [0.15, 0.2) is 35.3 Å². The molecule has 40 heavy (non-hydrogen) atoms. The van der Waals surface area contributed by atoms with Crippen molar-refractivity contribution in [2.75, 3.05) is 11.4 Å². The van der Waals surface area contributed by atoms with Crippen molar-refractivity contribution in [1.82, 2.24) is 20.0 Å². The summed E-state index contributed by atoms with van der Waals surface area (Å²) in [4.78, 5) is 54.8. The molecule has 4 rings (SSSR count). The number of carboxylic acid groups (broad SMARTS) is 1. The number of carbonyl (C=O) groups is 3. The number of pyridine rings is 1. The second kappa shape index (κ2) is 11.0. The lowest BCUT2D eigenvalue weighted by Crippen LogP contribution is -2.51. The van der Waals surface area contributed by atoms with Gasteiger partial charge in [0.2, 0.25) is 11.8 Å². The SMILES string of the molecule is C[C@H](NC(=O)[C@@H](C)N)C(=O)N[C@H]1C[C@H](C)N(c2nc3c(-c4ccc(F)cc4F)cc(C(=O)O)c(=O)n3cc2F)C1. The number of nitrogens with two attached hydrogens (primary N) is 1. The minimum Gasteiger partial charge on any atom is -0.477 e. The lowest BCUT2D eigenvalue weighted by Gasteiger charge is -2.24. The highest BCUT2D eigenvalue weighted by Gasteiger charge is 2.34. The largest absolute Gasteiger partial charge is 0.477 e. The van der Waals surface area contributed by atoms with Gasteiger partial charge in [-0.3, -0.25) is 18.8 Å². The first-order chi connectivity index (χ1) is 18.8. The molecule has 1 aliphatic rings. The number of rotatable bonds is 7. The van der Waals surface area contributed by atoms with Crippen LogP contribution in [-0.4, -0.2) is 63.0 Å². The number of nitrogens with zero attached hydrogens (tertiary/aromatic N) is 3. The Labute approximate surface area is 225 Å². The highest BCUT2D eigenvalue weighted by molar-refractivity contribution is 5.92. The van der Waals surface area contributed by atoms with E-state index in [9.17, 15) is 33.1 Å². The fourth-order valence-corrected chi connectivity index (χ4v) is 4.61. The number of fused-ring (bicyclic) bond motifs is 1. The van der Waals surface area contributed by atoms with E-state index in [0.29, 0.717) is 16.9 Å². The molecular weight excluding hydrogens is 533 g/mol. The van der Waals surface area contributed by atoms with E-state index in [-0.39, 0.29) is 35.2 Å². The van der Waals surface area contributed by atoms with Crippen LogP contribution in [0, 0.1) is 17.5 Å². The van der Waals surface area contributed by atoms with E-state index in [4.69, 9.17) is 5.73 Å². The summed E-state index contributed by atoms with van der Waals surface area (Å²) in [5, 5.41) is 14.8. The molecule has 1 aliphatic heterocycles. The molecule has 1 fully saturated rings. The number of aromatic nitrogens is 2. The van der Waals surface area contributed by atoms with Gasteiger partial charge in [0.25, 0.3) is 5.56 Å². The predicted octanol–water partition coefficient (Wildman–Crippen LogP) is 1.41. The standard InChI is InChI=1S/C26H27F3N6O5/c1-11-6-15(32-24(37)13(3)31-23(36)12(2)30)9-34(11)22-20(29)10-35-21(33-22)17(8-18(25(35)38)26(39)40)16-5-4-14(27)7-19(16)28/h4-5,7-8,10-13,15H,6,9,30H2,1-3H3,(H,31,36)(H,32,37)(H,39,40)/t11-,12+,13-,15-/m0/s1. The topological polar surface area (TPSA) is 159 Å². The molecule has 1 saturated heterocycles. The minimum atomic E-state index is -1.62. The number of aromatic carboxylic acids is 1. The van der Waals surface area contributed by atoms with Crippen molar-refractivity contribution in [1.29, 1.82) is 0 Å². The Kier molecular flexibility index (Phi) is 7.82.